The molecule has 0 saturated carbocycles. The average molecular weight is 653 g/mol. The first-order chi connectivity index (χ1) is 25.3. The Morgan fingerprint density at radius 3 is 1.61 bits per heavy atom. The summed E-state index contributed by atoms with van der Waals surface area (Å²) in [5, 5.41) is 2.48. The van der Waals surface area contributed by atoms with Crippen LogP contribution in [-0.4, -0.2) is 4.57 Å². The quantitative estimate of drug-likeness (QED) is 0.162. The second-order valence-electron chi connectivity index (χ2n) is 13.1. The molecule has 0 aliphatic carbocycles. The normalized spacial score (nSPS) is 12.9. The predicted molar refractivity (Wildman–Crippen MR) is 215 cm³/mol. The molecule has 0 saturated heterocycles. The van der Waals surface area contributed by atoms with Gasteiger partial charge in [-0.3, -0.25) is 0 Å². The van der Waals surface area contributed by atoms with Crippen molar-refractivity contribution in [3.8, 4) is 16.8 Å². The first-order valence-electron chi connectivity index (χ1n) is 17.5. The zero-order chi connectivity index (χ0) is 33.8. The standard InChI is InChI=1S/C48H34N3/c1-5-17-35(18-6-1)49(37-29-31-42-41-25-13-15-27-45(41)50(46(42)33-37)36-19-7-2-8-20-36)38-30-32-44-43-26-14-16-28-47(43)51(48(44)34-38,39-21-9-3-10-22-39)40-23-11-4-12-24-40/h1-34H/q+1. The number of hydrogen-bond acceptors (Lipinski definition) is 1. The fourth-order valence-electron chi connectivity index (χ4n) is 8.27. The maximum atomic E-state index is 2.42. The Balaban J connectivity index is 1.25. The lowest BCUT2D eigenvalue weighted by Gasteiger charge is -2.35. The number of para-hydroxylation sites is 6. The molecule has 0 atom stereocenters. The summed E-state index contributed by atoms with van der Waals surface area (Å²) in [4.78, 5) is 2.40. The molecule has 1 aliphatic rings. The van der Waals surface area contributed by atoms with E-state index in [9.17, 15) is 0 Å². The Labute approximate surface area is 297 Å². The third-order valence-electron chi connectivity index (χ3n) is 10.4. The molecule has 0 amide bonds. The Bertz CT molecular complexity index is 2640. The number of nitrogens with zero attached hydrogens (tertiary/aromatic N) is 3. The molecule has 3 nitrogen and oxygen atoms in total. The van der Waals surface area contributed by atoms with Gasteiger partial charge in [0.1, 0.15) is 11.4 Å². The molecule has 0 radical (unpaired) electrons. The SMILES string of the molecule is c1ccc(N(c2ccc3c(c2)[N+](c2ccccc2)(c2ccccc2)c2ccccc2-3)c2ccc3c4ccccc4n(-c4ccccc4)c3c2)cc1. The Morgan fingerprint density at radius 2 is 0.882 bits per heavy atom. The highest BCUT2D eigenvalue weighted by molar-refractivity contribution is 6.10. The first-order valence-corrected chi connectivity index (χ1v) is 17.5. The minimum atomic E-state index is 0.505. The van der Waals surface area contributed by atoms with Crippen molar-refractivity contribution in [2.45, 2.75) is 0 Å². The van der Waals surface area contributed by atoms with E-state index in [0.717, 1.165) is 22.7 Å². The van der Waals surface area contributed by atoms with Crippen LogP contribution in [0, 0.1) is 0 Å². The molecule has 0 fully saturated rings. The molecule has 240 valence electrons. The van der Waals surface area contributed by atoms with Crippen LogP contribution >= 0.6 is 0 Å². The van der Waals surface area contributed by atoms with Gasteiger partial charge in [0.2, 0.25) is 0 Å². The molecule has 0 bridgehead atoms. The third-order valence-corrected chi connectivity index (χ3v) is 10.4. The van der Waals surface area contributed by atoms with Gasteiger partial charge < -0.3 is 9.47 Å². The van der Waals surface area contributed by atoms with Crippen LogP contribution in [0.4, 0.5) is 39.8 Å². The van der Waals surface area contributed by atoms with Crippen LogP contribution in [0.3, 0.4) is 0 Å². The highest BCUT2D eigenvalue weighted by atomic mass is 15.4. The van der Waals surface area contributed by atoms with Crippen molar-refractivity contribution in [1.82, 2.24) is 9.05 Å². The molecule has 0 spiro atoms. The number of fused-ring (bicyclic) bond motifs is 6. The number of quaternary nitrogens is 1. The maximum Gasteiger partial charge on any atom is 0.158 e. The lowest BCUT2D eigenvalue weighted by atomic mass is 10.0. The lowest BCUT2D eigenvalue weighted by molar-refractivity contribution is 0.721. The minimum Gasteiger partial charge on any atom is -0.310 e. The van der Waals surface area contributed by atoms with Gasteiger partial charge in [0.05, 0.1) is 27.8 Å². The molecule has 1 aromatic heterocycles. The van der Waals surface area contributed by atoms with Gasteiger partial charge in [0.25, 0.3) is 0 Å². The van der Waals surface area contributed by atoms with E-state index in [2.05, 4.69) is 216 Å². The molecule has 2 heterocycles. The number of hydrogen-bond donors (Lipinski definition) is 0. The monoisotopic (exact) mass is 652 g/mol. The topological polar surface area (TPSA) is 8.17 Å². The molecule has 8 aromatic carbocycles. The summed E-state index contributed by atoms with van der Waals surface area (Å²) in [6.07, 6.45) is 0. The van der Waals surface area contributed by atoms with Crippen molar-refractivity contribution >= 4 is 61.6 Å². The van der Waals surface area contributed by atoms with E-state index in [1.54, 1.807) is 0 Å². The van der Waals surface area contributed by atoms with E-state index in [-0.39, 0.29) is 0 Å². The first kappa shape index (κ1) is 29.3. The summed E-state index contributed by atoms with van der Waals surface area (Å²) in [5.74, 6) is 0. The largest absolute Gasteiger partial charge is 0.310 e. The summed E-state index contributed by atoms with van der Waals surface area (Å²) >= 11 is 0. The van der Waals surface area contributed by atoms with E-state index in [4.69, 9.17) is 0 Å². The summed E-state index contributed by atoms with van der Waals surface area (Å²) in [6, 6.07) is 74.8. The van der Waals surface area contributed by atoms with Crippen molar-refractivity contribution in [1.29, 1.82) is 0 Å². The zero-order valence-corrected chi connectivity index (χ0v) is 28.0. The Hall–Kier alpha value is -6.68. The number of anilines is 3. The summed E-state index contributed by atoms with van der Waals surface area (Å²) in [6.45, 7) is 0. The van der Waals surface area contributed by atoms with Crippen LogP contribution in [0.1, 0.15) is 0 Å². The van der Waals surface area contributed by atoms with Crippen molar-refractivity contribution in [3.05, 3.63) is 206 Å². The summed E-state index contributed by atoms with van der Waals surface area (Å²) < 4.78 is 2.90. The van der Waals surface area contributed by atoms with Gasteiger partial charge in [-0.05, 0) is 60.7 Å². The number of rotatable bonds is 6. The van der Waals surface area contributed by atoms with Crippen molar-refractivity contribution in [3.63, 3.8) is 0 Å². The molecule has 10 rings (SSSR count). The number of benzene rings is 8. The van der Waals surface area contributed by atoms with Crippen molar-refractivity contribution in [2.75, 3.05) is 4.90 Å². The van der Waals surface area contributed by atoms with Crippen LogP contribution in [0.5, 0.6) is 0 Å². The number of aromatic nitrogens is 1. The average Bonchev–Trinajstić information content (AvgIpc) is 3.70. The lowest BCUT2D eigenvalue weighted by Crippen LogP contribution is -2.31. The van der Waals surface area contributed by atoms with Crippen LogP contribution in [-0.2, 0) is 0 Å². The maximum absolute atomic E-state index is 2.42. The van der Waals surface area contributed by atoms with Gasteiger partial charge in [0.15, 0.2) is 11.4 Å². The molecule has 0 unspecified atom stereocenters. The smallest absolute Gasteiger partial charge is 0.158 e. The molecule has 1 aliphatic heterocycles. The summed E-state index contributed by atoms with van der Waals surface area (Å²) in [7, 11) is 0. The van der Waals surface area contributed by atoms with Crippen LogP contribution in [0.25, 0.3) is 38.6 Å². The highest BCUT2D eigenvalue weighted by Crippen LogP contribution is 2.63. The van der Waals surface area contributed by atoms with E-state index in [1.807, 2.05) is 0 Å². The van der Waals surface area contributed by atoms with E-state index >= 15 is 0 Å². The van der Waals surface area contributed by atoms with Gasteiger partial charge in [-0.2, -0.15) is 4.48 Å². The van der Waals surface area contributed by atoms with Gasteiger partial charge in [-0.25, -0.2) is 0 Å². The molecular weight excluding hydrogens is 619 g/mol. The van der Waals surface area contributed by atoms with Gasteiger partial charge in [-0.15, -0.1) is 0 Å². The fourth-order valence-corrected chi connectivity index (χ4v) is 8.27. The zero-order valence-electron chi connectivity index (χ0n) is 28.0. The molecule has 0 N–H and O–H groups in total. The van der Waals surface area contributed by atoms with Gasteiger partial charge in [-0.1, -0.05) is 109 Å². The Kier molecular flexibility index (Phi) is 6.73. The van der Waals surface area contributed by atoms with E-state index in [0.29, 0.717) is 4.48 Å². The van der Waals surface area contributed by atoms with Crippen molar-refractivity contribution < 1.29 is 0 Å². The van der Waals surface area contributed by atoms with Gasteiger partial charge in [0, 0.05) is 64.2 Å². The van der Waals surface area contributed by atoms with Crippen LogP contribution < -0.4 is 9.38 Å². The molecule has 51 heavy (non-hydrogen) atoms. The second kappa shape index (κ2) is 11.7. The predicted octanol–water partition coefficient (Wildman–Crippen LogP) is 13.5. The molecule has 3 heteroatoms. The van der Waals surface area contributed by atoms with E-state index < -0.39 is 0 Å². The van der Waals surface area contributed by atoms with E-state index in [1.165, 1.54) is 55.7 Å². The molecular formula is C48H34N3+. The minimum absolute atomic E-state index is 0.505. The van der Waals surface area contributed by atoms with Crippen molar-refractivity contribution in [2.24, 2.45) is 0 Å². The van der Waals surface area contributed by atoms with Gasteiger partial charge >= 0.3 is 0 Å². The fraction of sp³-hybridized carbons (Fsp3) is 0. The summed E-state index contributed by atoms with van der Waals surface area (Å²) in [5.41, 5.74) is 14.2. The van der Waals surface area contributed by atoms with Crippen LogP contribution in [0.2, 0.25) is 0 Å². The Morgan fingerprint density at radius 1 is 0.353 bits per heavy atom. The molecule has 9 aromatic rings. The second-order valence-corrected chi connectivity index (χ2v) is 13.1. The third kappa shape index (κ3) is 4.42. The van der Waals surface area contributed by atoms with Crippen LogP contribution in [0.15, 0.2) is 206 Å². The highest BCUT2D eigenvalue weighted by Gasteiger charge is 2.48.